The van der Waals surface area contributed by atoms with Crippen LogP contribution in [0.2, 0.25) is 0 Å². The SMILES string of the molecule is CCCCOP(=O)(OCCCC)C(C#N)C(=O)CC. The van der Waals surface area contributed by atoms with Gasteiger partial charge in [0, 0.05) is 6.42 Å². The van der Waals surface area contributed by atoms with Crippen molar-refractivity contribution in [1.29, 1.82) is 5.26 Å². The van der Waals surface area contributed by atoms with E-state index in [4.69, 9.17) is 14.3 Å². The lowest BCUT2D eigenvalue weighted by molar-refractivity contribution is -0.117. The maximum absolute atomic E-state index is 12.6. The maximum Gasteiger partial charge on any atom is 0.355 e. The second kappa shape index (κ2) is 10.1. The van der Waals surface area contributed by atoms with E-state index in [0.29, 0.717) is 0 Å². The van der Waals surface area contributed by atoms with Gasteiger partial charge in [0.1, 0.15) is 0 Å². The standard InChI is InChI=1S/C13H24NO4P/c1-4-7-9-17-19(16,18-10-8-5-2)13(11-14)12(15)6-3/h13H,4-10H2,1-3H3. The first kappa shape index (κ1) is 18.3. The Bertz CT molecular complexity index is 337. The smallest absolute Gasteiger partial charge is 0.307 e. The highest BCUT2D eigenvalue weighted by atomic mass is 31.2. The topological polar surface area (TPSA) is 76.4 Å². The van der Waals surface area contributed by atoms with Gasteiger partial charge in [0.25, 0.3) is 0 Å². The quantitative estimate of drug-likeness (QED) is 0.428. The lowest BCUT2D eigenvalue weighted by Crippen LogP contribution is -2.21. The zero-order valence-electron chi connectivity index (χ0n) is 12.1. The van der Waals surface area contributed by atoms with Crippen LogP contribution in [0.3, 0.4) is 0 Å². The summed E-state index contributed by atoms with van der Waals surface area (Å²) in [6.45, 7) is 6.08. The molecule has 0 bridgehead atoms. The van der Waals surface area contributed by atoms with E-state index < -0.39 is 13.3 Å². The molecule has 6 heteroatoms. The van der Waals surface area contributed by atoms with E-state index in [1.54, 1.807) is 13.0 Å². The molecule has 0 aliphatic rings. The first-order valence-electron chi connectivity index (χ1n) is 6.86. The van der Waals surface area contributed by atoms with E-state index in [1.807, 2.05) is 13.8 Å². The fourth-order valence-corrected chi connectivity index (χ4v) is 3.19. The van der Waals surface area contributed by atoms with Crippen LogP contribution < -0.4 is 0 Å². The summed E-state index contributed by atoms with van der Waals surface area (Å²) in [5.74, 6) is -0.390. The average molecular weight is 289 g/mol. The summed E-state index contributed by atoms with van der Waals surface area (Å²) >= 11 is 0. The van der Waals surface area contributed by atoms with Gasteiger partial charge >= 0.3 is 7.60 Å². The molecule has 0 saturated carbocycles. The Morgan fingerprint density at radius 3 is 1.95 bits per heavy atom. The number of nitriles is 1. The summed E-state index contributed by atoms with van der Waals surface area (Å²) in [7, 11) is -3.67. The molecule has 0 aromatic carbocycles. The molecule has 0 radical (unpaired) electrons. The van der Waals surface area contributed by atoms with E-state index in [1.165, 1.54) is 0 Å². The van der Waals surface area contributed by atoms with E-state index >= 15 is 0 Å². The molecule has 0 aliphatic carbocycles. The van der Waals surface area contributed by atoms with Crippen molar-refractivity contribution in [3.05, 3.63) is 0 Å². The van der Waals surface area contributed by atoms with Crippen LogP contribution >= 0.6 is 7.60 Å². The third-order valence-corrected chi connectivity index (χ3v) is 4.75. The van der Waals surface area contributed by atoms with E-state index in [-0.39, 0.29) is 25.4 Å². The molecule has 1 atom stereocenters. The van der Waals surface area contributed by atoms with Gasteiger partial charge < -0.3 is 9.05 Å². The van der Waals surface area contributed by atoms with E-state index in [2.05, 4.69) is 0 Å². The van der Waals surface area contributed by atoms with Crippen molar-refractivity contribution in [3.8, 4) is 6.07 Å². The molecule has 0 aromatic rings. The van der Waals surface area contributed by atoms with Gasteiger partial charge in [-0.3, -0.25) is 9.36 Å². The minimum atomic E-state index is -3.67. The predicted octanol–water partition coefficient (Wildman–Crippen LogP) is 3.68. The molecule has 1 unspecified atom stereocenters. The first-order chi connectivity index (χ1) is 9.05. The van der Waals surface area contributed by atoms with Gasteiger partial charge in [-0.25, -0.2) is 0 Å². The van der Waals surface area contributed by atoms with Crippen LogP contribution in [-0.4, -0.2) is 24.7 Å². The van der Waals surface area contributed by atoms with E-state index in [9.17, 15) is 9.36 Å². The molecular formula is C13H24NO4P. The normalized spacial score (nSPS) is 12.9. The number of nitrogens with zero attached hydrogens (tertiary/aromatic N) is 1. The Morgan fingerprint density at radius 2 is 1.63 bits per heavy atom. The Hall–Kier alpha value is -0.690. The first-order valence-corrected chi connectivity index (χ1v) is 8.48. The Labute approximate surface area is 115 Å². The van der Waals surface area contributed by atoms with Crippen molar-refractivity contribution >= 4 is 13.4 Å². The van der Waals surface area contributed by atoms with Crippen LogP contribution in [0, 0.1) is 11.3 Å². The number of hydrogen-bond donors (Lipinski definition) is 0. The summed E-state index contributed by atoms with van der Waals surface area (Å²) in [5, 5.41) is 9.07. The summed E-state index contributed by atoms with van der Waals surface area (Å²) in [6.07, 6.45) is 3.36. The van der Waals surface area contributed by atoms with E-state index in [0.717, 1.165) is 25.7 Å². The van der Waals surface area contributed by atoms with Gasteiger partial charge in [0.15, 0.2) is 5.78 Å². The summed E-state index contributed by atoms with van der Waals surface area (Å²) in [6, 6.07) is 1.78. The van der Waals surface area contributed by atoms with Gasteiger partial charge in [0.05, 0.1) is 19.3 Å². The van der Waals surface area contributed by atoms with Crippen molar-refractivity contribution < 1.29 is 18.4 Å². The molecule has 0 heterocycles. The van der Waals surface area contributed by atoms with Crippen LogP contribution in [0.1, 0.15) is 52.9 Å². The number of hydrogen-bond acceptors (Lipinski definition) is 5. The molecule has 19 heavy (non-hydrogen) atoms. The molecule has 0 aromatic heterocycles. The van der Waals surface area contributed by atoms with Crippen LogP contribution in [0.25, 0.3) is 0 Å². The summed E-state index contributed by atoms with van der Waals surface area (Å²) in [5.41, 5.74) is -1.30. The Kier molecular flexibility index (Phi) is 9.77. The zero-order valence-corrected chi connectivity index (χ0v) is 12.9. The van der Waals surface area contributed by atoms with Gasteiger partial charge in [-0.05, 0) is 12.8 Å². The lowest BCUT2D eigenvalue weighted by Gasteiger charge is -2.21. The number of carbonyl (C=O) groups excluding carboxylic acids is 1. The highest BCUT2D eigenvalue weighted by Gasteiger charge is 2.40. The monoisotopic (exact) mass is 289 g/mol. The molecule has 110 valence electrons. The number of rotatable bonds is 11. The zero-order chi connectivity index (χ0) is 14.7. The highest BCUT2D eigenvalue weighted by Crippen LogP contribution is 2.53. The summed E-state index contributed by atoms with van der Waals surface area (Å²) < 4.78 is 23.2. The molecule has 0 spiro atoms. The lowest BCUT2D eigenvalue weighted by atomic mass is 10.2. The molecular weight excluding hydrogens is 265 g/mol. The fourth-order valence-electron chi connectivity index (χ4n) is 1.37. The number of ketones is 1. The second-order valence-corrected chi connectivity index (χ2v) is 6.38. The van der Waals surface area contributed by atoms with Crippen LogP contribution in [0.5, 0.6) is 0 Å². The highest BCUT2D eigenvalue weighted by molar-refractivity contribution is 7.56. The Morgan fingerprint density at radius 1 is 1.16 bits per heavy atom. The van der Waals surface area contributed by atoms with Gasteiger partial charge in [-0.15, -0.1) is 0 Å². The Balaban J connectivity index is 4.85. The molecule has 0 amide bonds. The second-order valence-electron chi connectivity index (χ2n) is 4.26. The van der Waals surface area contributed by atoms with Crippen molar-refractivity contribution in [2.24, 2.45) is 0 Å². The predicted molar refractivity (Wildman–Crippen MR) is 74.0 cm³/mol. The fraction of sp³-hybridized carbons (Fsp3) is 0.846. The molecule has 0 rings (SSSR count). The van der Waals surface area contributed by atoms with Crippen molar-refractivity contribution in [3.63, 3.8) is 0 Å². The van der Waals surface area contributed by atoms with Crippen molar-refractivity contribution in [2.75, 3.05) is 13.2 Å². The number of Topliss-reactive ketones (excluding diaryl/α,β-unsaturated/α-hetero) is 1. The molecule has 0 aliphatic heterocycles. The van der Waals surface area contributed by atoms with Gasteiger partial charge in [-0.2, -0.15) is 5.26 Å². The number of unbranched alkanes of at least 4 members (excludes halogenated alkanes) is 2. The average Bonchev–Trinajstić information content (AvgIpc) is 2.40. The number of carbonyl (C=O) groups is 1. The largest absolute Gasteiger partial charge is 0.355 e. The third kappa shape index (κ3) is 6.33. The molecule has 0 fully saturated rings. The molecule has 0 N–H and O–H groups in total. The summed E-state index contributed by atoms with van der Waals surface area (Å²) in [4.78, 5) is 11.7. The van der Waals surface area contributed by atoms with Gasteiger partial charge in [0.2, 0.25) is 5.66 Å². The van der Waals surface area contributed by atoms with Crippen LogP contribution in [-0.2, 0) is 18.4 Å². The maximum atomic E-state index is 12.6. The third-order valence-electron chi connectivity index (χ3n) is 2.63. The van der Waals surface area contributed by atoms with Crippen LogP contribution in [0.4, 0.5) is 0 Å². The minimum Gasteiger partial charge on any atom is -0.307 e. The molecule has 0 saturated heterocycles. The van der Waals surface area contributed by atoms with Crippen molar-refractivity contribution in [2.45, 2.75) is 58.5 Å². The minimum absolute atomic E-state index is 0.149. The van der Waals surface area contributed by atoms with Crippen molar-refractivity contribution in [1.82, 2.24) is 0 Å². The molecule has 5 nitrogen and oxygen atoms in total. The van der Waals surface area contributed by atoms with Crippen LogP contribution in [0.15, 0.2) is 0 Å². The van der Waals surface area contributed by atoms with Gasteiger partial charge in [-0.1, -0.05) is 33.6 Å².